The molecule has 11 heavy (non-hydrogen) atoms. The lowest BCUT2D eigenvalue weighted by molar-refractivity contribution is 1.43. The molecule has 2 heteroatoms. The summed E-state index contributed by atoms with van der Waals surface area (Å²) in [6, 6.07) is 8.29. The van der Waals surface area contributed by atoms with E-state index in [2.05, 4.69) is 37.0 Å². The molecule has 0 aliphatic carbocycles. The number of aryl methyl sites for hydroxylation is 1. The Morgan fingerprint density at radius 1 is 1.27 bits per heavy atom. The summed E-state index contributed by atoms with van der Waals surface area (Å²) >= 11 is 3.53. The molecule has 0 spiro atoms. The highest BCUT2D eigenvalue weighted by Crippen LogP contribution is 2.07. The van der Waals surface area contributed by atoms with Crippen LogP contribution >= 0.6 is 12.6 Å². The molecular formula is C9H15NS. The monoisotopic (exact) mass is 169 g/mol. The molecule has 0 aromatic heterocycles. The Balaban J connectivity index is 0.000000461. The van der Waals surface area contributed by atoms with Crippen LogP contribution in [0.15, 0.2) is 24.3 Å². The zero-order chi connectivity index (χ0) is 8.69. The van der Waals surface area contributed by atoms with Gasteiger partial charge in [0.05, 0.1) is 0 Å². The molecule has 0 amide bonds. The molecule has 0 atom stereocenters. The zero-order valence-corrected chi connectivity index (χ0v) is 8.15. The Labute approximate surface area is 74.2 Å². The van der Waals surface area contributed by atoms with Crippen LogP contribution in [0.5, 0.6) is 0 Å². The van der Waals surface area contributed by atoms with Crippen molar-refractivity contribution >= 4 is 18.3 Å². The van der Waals surface area contributed by atoms with E-state index in [0.717, 1.165) is 0 Å². The lowest BCUT2D eigenvalue weighted by Crippen LogP contribution is -1.86. The van der Waals surface area contributed by atoms with Gasteiger partial charge in [0.25, 0.3) is 0 Å². The predicted molar refractivity (Wildman–Crippen MR) is 55.6 cm³/mol. The molecule has 0 aliphatic heterocycles. The quantitative estimate of drug-likeness (QED) is 0.616. The third-order valence-corrected chi connectivity index (χ3v) is 1.31. The van der Waals surface area contributed by atoms with E-state index in [1.807, 2.05) is 19.2 Å². The molecule has 1 nitrogen and oxygen atoms in total. The van der Waals surface area contributed by atoms with Gasteiger partial charge in [-0.05, 0) is 30.9 Å². The van der Waals surface area contributed by atoms with Crippen molar-refractivity contribution < 1.29 is 0 Å². The van der Waals surface area contributed by atoms with Crippen molar-refractivity contribution in [3.8, 4) is 0 Å². The first kappa shape index (κ1) is 10.4. The first-order valence-corrected chi connectivity index (χ1v) is 4.41. The molecule has 0 bridgehead atoms. The maximum Gasteiger partial charge on any atom is 0.0340 e. The van der Waals surface area contributed by atoms with Crippen LogP contribution < -0.4 is 5.32 Å². The van der Waals surface area contributed by atoms with E-state index >= 15 is 0 Å². The number of benzene rings is 1. The van der Waals surface area contributed by atoms with E-state index in [0.29, 0.717) is 0 Å². The van der Waals surface area contributed by atoms with Crippen molar-refractivity contribution in [1.29, 1.82) is 0 Å². The SMILES string of the molecule is CNc1cccc(C)c1.CS. The number of anilines is 1. The van der Waals surface area contributed by atoms with Crippen molar-refractivity contribution in [1.82, 2.24) is 0 Å². The third-order valence-electron chi connectivity index (χ3n) is 1.31. The van der Waals surface area contributed by atoms with Gasteiger partial charge < -0.3 is 5.32 Å². The van der Waals surface area contributed by atoms with Gasteiger partial charge in [-0.1, -0.05) is 12.1 Å². The average molecular weight is 169 g/mol. The highest BCUT2D eigenvalue weighted by atomic mass is 32.1. The van der Waals surface area contributed by atoms with Crippen LogP contribution in [0.2, 0.25) is 0 Å². The molecule has 1 rings (SSSR count). The van der Waals surface area contributed by atoms with Crippen molar-refractivity contribution in [2.45, 2.75) is 6.92 Å². The van der Waals surface area contributed by atoms with E-state index in [4.69, 9.17) is 0 Å². The molecule has 0 heterocycles. The van der Waals surface area contributed by atoms with Gasteiger partial charge in [0, 0.05) is 12.7 Å². The first-order valence-electron chi connectivity index (χ1n) is 3.52. The molecule has 1 aromatic carbocycles. The first-order chi connectivity index (χ1) is 5.33. The number of nitrogens with one attached hydrogen (secondary N) is 1. The van der Waals surface area contributed by atoms with Crippen LogP contribution in [0.25, 0.3) is 0 Å². The number of rotatable bonds is 1. The van der Waals surface area contributed by atoms with Gasteiger partial charge in [0.1, 0.15) is 0 Å². The third kappa shape index (κ3) is 3.94. The lowest BCUT2D eigenvalue weighted by atomic mass is 10.2. The maximum absolute atomic E-state index is 3.53. The minimum absolute atomic E-state index is 1.18. The zero-order valence-electron chi connectivity index (χ0n) is 7.26. The van der Waals surface area contributed by atoms with E-state index in [1.54, 1.807) is 6.26 Å². The summed E-state index contributed by atoms with van der Waals surface area (Å²) in [5.41, 5.74) is 2.47. The Kier molecular flexibility index (Phi) is 5.75. The van der Waals surface area contributed by atoms with Gasteiger partial charge in [0.15, 0.2) is 0 Å². The van der Waals surface area contributed by atoms with Crippen molar-refractivity contribution in [2.75, 3.05) is 18.6 Å². The van der Waals surface area contributed by atoms with Gasteiger partial charge in [-0.15, -0.1) is 0 Å². The van der Waals surface area contributed by atoms with Crippen LogP contribution in [-0.2, 0) is 0 Å². The van der Waals surface area contributed by atoms with Crippen molar-refractivity contribution in [3.05, 3.63) is 29.8 Å². The summed E-state index contributed by atoms with van der Waals surface area (Å²) in [7, 11) is 1.93. The summed E-state index contributed by atoms with van der Waals surface area (Å²) in [4.78, 5) is 0. The van der Waals surface area contributed by atoms with Crippen molar-refractivity contribution in [2.24, 2.45) is 0 Å². The summed E-state index contributed by atoms with van der Waals surface area (Å²) in [5.74, 6) is 0. The Morgan fingerprint density at radius 3 is 2.27 bits per heavy atom. The summed E-state index contributed by atoms with van der Waals surface area (Å²) < 4.78 is 0. The summed E-state index contributed by atoms with van der Waals surface area (Å²) in [6.07, 6.45) is 1.69. The van der Waals surface area contributed by atoms with Crippen molar-refractivity contribution in [3.63, 3.8) is 0 Å². The molecular weight excluding hydrogens is 154 g/mol. The Hall–Kier alpha value is -0.630. The van der Waals surface area contributed by atoms with Crippen LogP contribution in [0.1, 0.15) is 5.56 Å². The van der Waals surface area contributed by atoms with Gasteiger partial charge in [0.2, 0.25) is 0 Å². The standard InChI is InChI=1S/C8H11N.CH4S/c1-7-4-3-5-8(6-7)9-2;1-2/h3-6,9H,1-2H3;2H,1H3. The second-order valence-corrected chi connectivity index (χ2v) is 2.12. The molecule has 1 N–H and O–H groups in total. The van der Waals surface area contributed by atoms with E-state index in [1.165, 1.54) is 11.3 Å². The number of thiol groups is 1. The van der Waals surface area contributed by atoms with Crippen LogP contribution in [-0.4, -0.2) is 13.3 Å². The number of hydrogen-bond acceptors (Lipinski definition) is 2. The Bertz CT molecular complexity index is 199. The van der Waals surface area contributed by atoms with E-state index in [9.17, 15) is 0 Å². The Morgan fingerprint density at radius 2 is 1.91 bits per heavy atom. The minimum atomic E-state index is 1.18. The predicted octanol–water partition coefficient (Wildman–Crippen LogP) is 2.58. The molecule has 0 radical (unpaired) electrons. The van der Waals surface area contributed by atoms with Gasteiger partial charge in [-0.25, -0.2) is 0 Å². The second-order valence-electron chi connectivity index (χ2n) is 2.12. The topological polar surface area (TPSA) is 12.0 Å². The van der Waals surface area contributed by atoms with Crippen LogP contribution in [0.4, 0.5) is 5.69 Å². The van der Waals surface area contributed by atoms with Gasteiger partial charge >= 0.3 is 0 Å². The summed E-state index contributed by atoms with van der Waals surface area (Å²) in [6.45, 7) is 2.08. The molecule has 0 aliphatic rings. The smallest absolute Gasteiger partial charge is 0.0340 e. The van der Waals surface area contributed by atoms with E-state index < -0.39 is 0 Å². The number of hydrogen-bond donors (Lipinski definition) is 2. The summed E-state index contributed by atoms with van der Waals surface area (Å²) in [5, 5.41) is 3.07. The fourth-order valence-electron chi connectivity index (χ4n) is 0.801. The van der Waals surface area contributed by atoms with Crippen LogP contribution in [0.3, 0.4) is 0 Å². The maximum atomic E-state index is 3.53. The second kappa shape index (κ2) is 6.10. The lowest BCUT2D eigenvalue weighted by Gasteiger charge is -1.98. The molecule has 62 valence electrons. The average Bonchev–Trinajstić information content (AvgIpc) is 2.08. The molecule has 0 saturated carbocycles. The van der Waals surface area contributed by atoms with Gasteiger partial charge in [-0.2, -0.15) is 12.6 Å². The highest BCUT2D eigenvalue weighted by molar-refractivity contribution is 7.79. The fraction of sp³-hybridized carbons (Fsp3) is 0.333. The largest absolute Gasteiger partial charge is 0.388 e. The minimum Gasteiger partial charge on any atom is -0.388 e. The molecule has 1 aromatic rings. The molecule has 0 fully saturated rings. The fourth-order valence-corrected chi connectivity index (χ4v) is 0.801. The molecule has 0 unspecified atom stereocenters. The van der Waals surface area contributed by atoms with E-state index in [-0.39, 0.29) is 0 Å². The molecule has 0 saturated heterocycles. The highest BCUT2D eigenvalue weighted by Gasteiger charge is 1.84. The normalized spacial score (nSPS) is 8.00. The van der Waals surface area contributed by atoms with Crippen LogP contribution in [0, 0.1) is 6.92 Å². The van der Waals surface area contributed by atoms with Gasteiger partial charge in [-0.3, -0.25) is 0 Å².